The van der Waals surface area contributed by atoms with Crippen molar-refractivity contribution in [3.8, 4) is 0 Å². The van der Waals surface area contributed by atoms with Crippen LogP contribution in [0.5, 0.6) is 0 Å². The van der Waals surface area contributed by atoms with Gasteiger partial charge in [-0.15, -0.1) is 40.0 Å². The Morgan fingerprint density at radius 3 is 2.40 bits per heavy atom. The maximum atomic E-state index is 14.1. The van der Waals surface area contributed by atoms with Crippen LogP contribution in [0.4, 0.5) is 5.13 Å². The van der Waals surface area contributed by atoms with Crippen molar-refractivity contribution in [2.45, 2.75) is 30.2 Å². The van der Waals surface area contributed by atoms with E-state index in [2.05, 4.69) is 25.0 Å². The molecule has 2 atom stereocenters. The molecule has 17 heteroatoms. The number of hydrogen-bond donors (Lipinski definition) is 2. The number of oxime groups is 1. The summed E-state index contributed by atoms with van der Waals surface area (Å²) >= 11 is 5.05. The van der Waals surface area contributed by atoms with Gasteiger partial charge in [-0.2, -0.15) is 0 Å². The predicted octanol–water partition coefficient (Wildman–Crippen LogP) is 3.72. The summed E-state index contributed by atoms with van der Waals surface area (Å²) in [6, 6.07) is 17.7. The molecule has 0 unspecified atom stereocenters. The summed E-state index contributed by atoms with van der Waals surface area (Å²) in [5.74, 6) is -1.94. The van der Waals surface area contributed by atoms with Crippen molar-refractivity contribution in [1.82, 2.24) is 24.8 Å². The molecule has 0 bridgehead atoms. The van der Waals surface area contributed by atoms with Crippen LogP contribution in [0.25, 0.3) is 0 Å². The van der Waals surface area contributed by atoms with Gasteiger partial charge in [-0.1, -0.05) is 70.3 Å². The van der Waals surface area contributed by atoms with Crippen molar-refractivity contribution in [3.05, 3.63) is 105 Å². The lowest BCUT2D eigenvalue weighted by Gasteiger charge is -2.49. The number of nitrogens with zero attached hydrogens (tertiary/aromatic N) is 5. The second kappa shape index (κ2) is 14.5. The summed E-state index contributed by atoms with van der Waals surface area (Å²) in [4.78, 5) is 63.4. The number of nitrogens with two attached hydrogens (primary N) is 1. The molecule has 2 aromatic carbocycles. The number of fused-ring (bicyclic) bond motifs is 1. The van der Waals surface area contributed by atoms with Crippen LogP contribution in [0.2, 0.25) is 0 Å². The molecule has 2 aliphatic rings. The van der Waals surface area contributed by atoms with E-state index >= 15 is 0 Å². The van der Waals surface area contributed by atoms with E-state index in [0.29, 0.717) is 16.4 Å². The minimum atomic E-state index is -1.01. The van der Waals surface area contributed by atoms with Gasteiger partial charge in [0.05, 0.1) is 5.69 Å². The molecule has 4 heterocycles. The Bertz CT molecular complexity index is 1810. The number of hydrogen-bond acceptors (Lipinski definition) is 15. The molecule has 6 rings (SSSR count). The van der Waals surface area contributed by atoms with E-state index in [4.69, 9.17) is 15.3 Å². The second-order valence-corrected chi connectivity index (χ2v) is 13.7. The number of nitrogen functional groups attached to an aromatic ring is 1. The molecule has 47 heavy (non-hydrogen) atoms. The second-order valence-electron chi connectivity index (χ2n) is 10.0. The zero-order valence-electron chi connectivity index (χ0n) is 24.5. The fraction of sp³-hybridized carbons (Fsp3) is 0.200. The largest absolute Gasteiger partial charge is 0.448 e. The number of esters is 1. The van der Waals surface area contributed by atoms with Crippen molar-refractivity contribution in [1.29, 1.82) is 0 Å². The molecule has 0 spiro atoms. The fourth-order valence-corrected chi connectivity index (χ4v) is 8.38. The zero-order valence-corrected chi connectivity index (χ0v) is 27.7. The normalized spacial score (nSPS) is 17.6. The Hall–Kier alpha value is -4.58. The highest BCUT2D eigenvalue weighted by Gasteiger charge is 2.55. The summed E-state index contributed by atoms with van der Waals surface area (Å²) in [7, 11) is 0. The van der Waals surface area contributed by atoms with E-state index in [1.807, 2.05) is 66.0 Å². The number of carbonyl (C=O) groups excluding carboxylic acids is 4. The van der Waals surface area contributed by atoms with Crippen molar-refractivity contribution in [3.63, 3.8) is 0 Å². The summed E-state index contributed by atoms with van der Waals surface area (Å²) in [5, 5.41) is 13.3. The highest BCUT2D eigenvalue weighted by atomic mass is 32.2. The third-order valence-corrected chi connectivity index (χ3v) is 10.7. The molecule has 1 saturated heterocycles. The van der Waals surface area contributed by atoms with Gasteiger partial charge in [-0.25, -0.2) is 14.6 Å². The topological polar surface area (TPSA) is 179 Å². The van der Waals surface area contributed by atoms with E-state index in [-0.39, 0.29) is 22.2 Å². The quantitative estimate of drug-likeness (QED) is 0.0760. The minimum Gasteiger partial charge on any atom is -0.448 e. The maximum Gasteiger partial charge on any atom is 0.356 e. The van der Waals surface area contributed by atoms with Crippen LogP contribution in [0.1, 0.15) is 35.5 Å². The number of carbonyl (C=O) groups is 4. The van der Waals surface area contributed by atoms with Crippen LogP contribution in [0.3, 0.4) is 0 Å². The molecule has 3 N–H and O–H groups in total. The molecular weight excluding hydrogens is 683 g/mol. The third kappa shape index (κ3) is 7.22. The molecule has 0 saturated carbocycles. The number of rotatable bonds is 11. The van der Waals surface area contributed by atoms with E-state index in [1.54, 1.807) is 0 Å². The van der Waals surface area contributed by atoms with Crippen LogP contribution in [0, 0.1) is 0 Å². The Morgan fingerprint density at radius 1 is 1.11 bits per heavy atom. The average Bonchev–Trinajstić information content (AvgIpc) is 3.77. The van der Waals surface area contributed by atoms with E-state index in [0.717, 1.165) is 35.1 Å². The Kier molecular flexibility index (Phi) is 9.95. The number of amides is 2. The minimum absolute atomic E-state index is 0.0819. The molecule has 1 fully saturated rings. The van der Waals surface area contributed by atoms with Crippen molar-refractivity contribution < 1.29 is 28.8 Å². The monoisotopic (exact) mass is 707 g/mol. The van der Waals surface area contributed by atoms with E-state index in [9.17, 15) is 19.2 Å². The zero-order chi connectivity index (χ0) is 32.9. The molecule has 13 nitrogen and oxygen atoms in total. The van der Waals surface area contributed by atoms with Gasteiger partial charge in [-0.3, -0.25) is 14.5 Å². The Labute approximate surface area is 284 Å². The molecular formula is C30H25N7O6S4. The van der Waals surface area contributed by atoms with Gasteiger partial charge in [-0.05, 0) is 22.7 Å². The smallest absolute Gasteiger partial charge is 0.356 e. The molecule has 0 aliphatic carbocycles. The van der Waals surface area contributed by atoms with Crippen molar-refractivity contribution in [2.24, 2.45) is 5.16 Å². The SMILES string of the molecule is CC(=O)O/N=C(\C(=O)N[C@@H]1C(=O)N2C(C(=O)OC(c3ccccc3)c3ccccc3)=C(SCc3csnn3)CS[C@@H]12)c1csc(N)n1. The molecule has 2 aromatic heterocycles. The van der Waals surface area contributed by atoms with Crippen LogP contribution in [-0.2, 0) is 34.5 Å². The van der Waals surface area contributed by atoms with Crippen LogP contribution in [0.15, 0.2) is 87.2 Å². The lowest BCUT2D eigenvalue weighted by molar-refractivity contribution is -0.154. The first kappa shape index (κ1) is 32.4. The molecule has 0 radical (unpaired) electrons. The number of benzene rings is 2. The summed E-state index contributed by atoms with van der Waals surface area (Å²) < 4.78 is 10.1. The molecule has 240 valence electrons. The van der Waals surface area contributed by atoms with Gasteiger partial charge in [0.1, 0.15) is 22.8 Å². The average molecular weight is 708 g/mol. The van der Waals surface area contributed by atoms with Gasteiger partial charge in [0.25, 0.3) is 11.8 Å². The lowest BCUT2D eigenvalue weighted by Crippen LogP contribution is -2.71. The Balaban J connectivity index is 1.28. The van der Waals surface area contributed by atoms with Gasteiger partial charge in [0, 0.05) is 34.1 Å². The molecule has 2 amide bonds. The molecule has 2 aliphatic heterocycles. The number of thiazole rings is 1. The summed E-state index contributed by atoms with van der Waals surface area (Å²) in [5.41, 5.74) is 7.86. The Morgan fingerprint density at radius 2 is 1.81 bits per heavy atom. The number of thioether (sulfide) groups is 2. The number of ether oxygens (including phenoxy) is 1. The van der Waals surface area contributed by atoms with Gasteiger partial charge < -0.3 is 20.6 Å². The number of nitrogens with one attached hydrogen (secondary N) is 1. The standard InChI is InChI=1S/C30H25N7O6S4/c1-16(38)43-35-22(20-14-46-30(31)32-20)26(39)33-23-27(40)37-24(21(15-45-28(23)37)44-12-19-13-47-36-34-19)29(41)42-25(17-8-4-2-5-9-17)18-10-6-3-7-11-18/h2-11,13-14,23,25,28H,12,15H2,1H3,(H2,31,32)(H,33,39)/b35-22-/t23-,28+/m1/s1. The van der Waals surface area contributed by atoms with Gasteiger partial charge >= 0.3 is 11.9 Å². The fourth-order valence-electron chi connectivity index (χ4n) is 4.77. The van der Waals surface area contributed by atoms with Crippen LogP contribution < -0.4 is 11.1 Å². The summed E-state index contributed by atoms with van der Waals surface area (Å²) in [6.45, 7) is 1.13. The van der Waals surface area contributed by atoms with Crippen molar-refractivity contribution in [2.75, 3.05) is 11.5 Å². The van der Waals surface area contributed by atoms with E-state index in [1.165, 1.54) is 45.3 Å². The number of aromatic nitrogens is 3. The maximum absolute atomic E-state index is 14.1. The number of anilines is 1. The lowest BCUT2D eigenvalue weighted by atomic mass is 10.0. The first-order chi connectivity index (χ1) is 22.8. The van der Waals surface area contributed by atoms with Crippen molar-refractivity contribution >= 4 is 81.0 Å². The first-order valence-electron chi connectivity index (χ1n) is 14.0. The van der Waals surface area contributed by atoms with Gasteiger partial charge in [0.2, 0.25) is 0 Å². The number of β-lactam (4-membered cyclic amide) rings is 1. The first-order valence-corrected chi connectivity index (χ1v) is 17.7. The summed E-state index contributed by atoms with van der Waals surface area (Å²) in [6.07, 6.45) is -0.739. The van der Waals surface area contributed by atoms with Gasteiger partial charge in [0.15, 0.2) is 16.9 Å². The highest BCUT2D eigenvalue weighted by Crippen LogP contribution is 2.45. The molecule has 4 aromatic rings. The van der Waals surface area contributed by atoms with E-state index < -0.39 is 41.3 Å². The third-order valence-electron chi connectivity index (χ3n) is 6.89. The highest BCUT2D eigenvalue weighted by molar-refractivity contribution is 8.05. The van der Waals surface area contributed by atoms with Crippen LogP contribution in [-0.4, -0.2) is 66.1 Å². The van der Waals surface area contributed by atoms with Crippen LogP contribution >= 0.6 is 46.4 Å². The predicted molar refractivity (Wildman–Crippen MR) is 179 cm³/mol.